The lowest BCUT2D eigenvalue weighted by Gasteiger charge is -2.36. The van der Waals surface area contributed by atoms with Crippen molar-refractivity contribution < 1.29 is 27.5 Å². The highest BCUT2D eigenvalue weighted by Crippen LogP contribution is 2.38. The van der Waals surface area contributed by atoms with Crippen LogP contribution < -0.4 is 9.80 Å². The predicted molar refractivity (Wildman–Crippen MR) is 166 cm³/mol. The van der Waals surface area contributed by atoms with E-state index in [0.717, 1.165) is 23.9 Å². The third kappa shape index (κ3) is 6.45. The van der Waals surface area contributed by atoms with Crippen LogP contribution in [0.4, 0.5) is 29.5 Å². The number of ether oxygens (including phenoxy) is 1. The first-order valence-corrected chi connectivity index (χ1v) is 14.8. The standard InChI is InChI=1S/C33H32F3N7O3/c1-33(2,3)46-32(45)41-13-12-40(19-26(41)20-44)24-7-5-23(37-16-24)6-8-25-17-38-30-10-11-31(39-43(25)30)42-18-22(35)15-29(42)27-14-21(34)4-9-28(27)36/h4-11,14,16-17,22,29H,12-13,15,18-19H2,1-3H3/b8-6+/t22-,29+/m0/s1. The molecule has 2 atom stereocenters. The van der Waals surface area contributed by atoms with Crippen LogP contribution in [0.5, 0.6) is 0 Å². The molecule has 46 heavy (non-hydrogen) atoms. The third-order valence-corrected chi connectivity index (χ3v) is 7.79. The SMILES string of the molecule is CC(C)(C)OC(=O)N1CCN(c2ccc(/C=C/c3cnc4ccc(N5C[C@@H](F)C[C@@H]5c5cc(F)ccc5F)nn34)nc2)CC1=C=O. The molecule has 3 aromatic heterocycles. The molecule has 0 N–H and O–H groups in total. The summed E-state index contributed by atoms with van der Waals surface area (Å²) in [6.07, 6.45) is 5.11. The number of benzene rings is 1. The van der Waals surface area contributed by atoms with E-state index in [2.05, 4.69) is 15.1 Å². The Morgan fingerprint density at radius 3 is 2.61 bits per heavy atom. The first-order valence-electron chi connectivity index (χ1n) is 14.8. The molecule has 238 valence electrons. The van der Waals surface area contributed by atoms with E-state index in [1.54, 1.807) is 66.9 Å². The predicted octanol–water partition coefficient (Wildman–Crippen LogP) is 5.64. The zero-order valence-corrected chi connectivity index (χ0v) is 25.5. The van der Waals surface area contributed by atoms with Crippen molar-refractivity contribution in [2.24, 2.45) is 0 Å². The molecule has 0 saturated carbocycles. The number of rotatable bonds is 5. The Balaban J connectivity index is 1.17. The Bertz CT molecular complexity index is 1850. The van der Waals surface area contributed by atoms with Crippen LogP contribution in [0.3, 0.4) is 0 Å². The van der Waals surface area contributed by atoms with Gasteiger partial charge in [0.15, 0.2) is 5.65 Å². The Morgan fingerprint density at radius 1 is 1.04 bits per heavy atom. The maximum atomic E-state index is 14.6. The highest BCUT2D eigenvalue weighted by atomic mass is 19.1. The summed E-state index contributed by atoms with van der Waals surface area (Å²) in [5, 5.41) is 4.67. The number of anilines is 2. The van der Waals surface area contributed by atoms with Gasteiger partial charge in [-0.3, -0.25) is 9.88 Å². The van der Waals surface area contributed by atoms with Gasteiger partial charge in [-0.1, -0.05) is 0 Å². The van der Waals surface area contributed by atoms with Crippen molar-refractivity contribution in [1.29, 1.82) is 0 Å². The number of piperazine rings is 1. The van der Waals surface area contributed by atoms with Crippen LogP contribution in [0.1, 0.15) is 50.2 Å². The van der Waals surface area contributed by atoms with E-state index in [0.29, 0.717) is 29.4 Å². The van der Waals surface area contributed by atoms with Gasteiger partial charge in [-0.25, -0.2) is 32.3 Å². The first-order chi connectivity index (χ1) is 22.0. The number of hydrogen-bond acceptors (Lipinski definition) is 8. The highest BCUT2D eigenvalue weighted by molar-refractivity contribution is 5.75. The topological polar surface area (TPSA) is 96.2 Å². The van der Waals surface area contributed by atoms with Gasteiger partial charge < -0.3 is 14.5 Å². The van der Waals surface area contributed by atoms with Crippen LogP contribution in [-0.2, 0) is 9.53 Å². The zero-order chi connectivity index (χ0) is 32.6. The molecule has 2 aliphatic heterocycles. The zero-order valence-electron chi connectivity index (χ0n) is 25.5. The third-order valence-electron chi connectivity index (χ3n) is 7.79. The number of imidazole rings is 1. The number of hydrogen-bond donors (Lipinski definition) is 0. The molecule has 0 bridgehead atoms. The van der Waals surface area contributed by atoms with Gasteiger partial charge in [-0.05, 0) is 75.4 Å². The maximum absolute atomic E-state index is 14.6. The molecule has 10 nitrogen and oxygen atoms in total. The number of amides is 1. The Morgan fingerprint density at radius 2 is 1.87 bits per heavy atom. The number of carbonyl (C=O) groups is 1. The van der Waals surface area contributed by atoms with Crippen LogP contribution in [0.25, 0.3) is 17.8 Å². The van der Waals surface area contributed by atoms with Crippen molar-refractivity contribution in [3.05, 3.63) is 89.1 Å². The number of aromatic nitrogens is 4. The highest BCUT2D eigenvalue weighted by Gasteiger charge is 2.36. The van der Waals surface area contributed by atoms with Gasteiger partial charge in [0.25, 0.3) is 0 Å². The largest absolute Gasteiger partial charge is 0.443 e. The Hall–Kier alpha value is -5.16. The summed E-state index contributed by atoms with van der Waals surface area (Å²) in [4.78, 5) is 38.0. The minimum Gasteiger partial charge on any atom is -0.443 e. The summed E-state index contributed by atoms with van der Waals surface area (Å²) < 4.78 is 50.2. The molecule has 13 heteroatoms. The lowest BCUT2D eigenvalue weighted by Crippen LogP contribution is -2.49. The molecule has 1 aromatic carbocycles. The number of halogens is 3. The van der Waals surface area contributed by atoms with E-state index in [1.807, 2.05) is 23.0 Å². The van der Waals surface area contributed by atoms with Crippen molar-refractivity contribution in [3.63, 3.8) is 0 Å². The normalized spacial score (nSPS) is 18.9. The molecule has 5 heterocycles. The second-order valence-electron chi connectivity index (χ2n) is 12.2. The summed E-state index contributed by atoms with van der Waals surface area (Å²) in [7, 11) is 0. The van der Waals surface area contributed by atoms with E-state index in [9.17, 15) is 22.8 Å². The second-order valence-corrected chi connectivity index (χ2v) is 12.2. The average molecular weight is 632 g/mol. The fourth-order valence-electron chi connectivity index (χ4n) is 5.63. The molecule has 4 aromatic rings. The van der Waals surface area contributed by atoms with Gasteiger partial charge >= 0.3 is 6.09 Å². The summed E-state index contributed by atoms with van der Waals surface area (Å²) in [5.41, 5.74) is 2.20. The second kappa shape index (κ2) is 12.3. The number of fused-ring (bicyclic) bond motifs is 1. The quantitative estimate of drug-likeness (QED) is 0.262. The smallest absolute Gasteiger partial charge is 0.415 e. The Labute approximate surface area is 263 Å². The molecule has 0 spiro atoms. The lowest BCUT2D eigenvalue weighted by atomic mass is 10.0. The monoisotopic (exact) mass is 631 g/mol. The van der Waals surface area contributed by atoms with Gasteiger partial charge in [0.1, 0.15) is 40.9 Å². The molecule has 2 fully saturated rings. The molecular formula is C33H32F3N7O3. The van der Waals surface area contributed by atoms with Crippen LogP contribution in [-0.4, -0.2) is 74.5 Å². The molecule has 6 rings (SSSR count). The maximum Gasteiger partial charge on any atom is 0.415 e. The van der Waals surface area contributed by atoms with E-state index in [1.165, 1.54) is 4.90 Å². The van der Waals surface area contributed by atoms with Crippen molar-refractivity contribution in [2.75, 3.05) is 36.0 Å². The minimum absolute atomic E-state index is 0.00451. The van der Waals surface area contributed by atoms with Gasteiger partial charge in [-0.15, -0.1) is 5.10 Å². The van der Waals surface area contributed by atoms with Crippen molar-refractivity contribution in [2.45, 2.75) is 45.0 Å². The number of carbonyl (C=O) groups excluding carboxylic acids is 2. The molecule has 2 saturated heterocycles. The summed E-state index contributed by atoms with van der Waals surface area (Å²) in [5.74, 6) is 1.10. The van der Waals surface area contributed by atoms with Gasteiger partial charge in [-0.2, -0.15) is 0 Å². The molecular weight excluding hydrogens is 599 g/mol. The van der Waals surface area contributed by atoms with Crippen molar-refractivity contribution >= 4 is 41.3 Å². The average Bonchev–Trinajstić information content (AvgIpc) is 3.62. The fourth-order valence-corrected chi connectivity index (χ4v) is 5.63. The summed E-state index contributed by atoms with van der Waals surface area (Å²) >= 11 is 0. The number of alkyl halides is 1. The van der Waals surface area contributed by atoms with Gasteiger partial charge in [0, 0.05) is 25.1 Å². The van der Waals surface area contributed by atoms with Crippen molar-refractivity contribution in [1.82, 2.24) is 24.5 Å². The van der Waals surface area contributed by atoms with E-state index < -0.39 is 35.5 Å². The molecule has 0 unspecified atom stereocenters. The van der Waals surface area contributed by atoms with Crippen LogP contribution in [0.15, 0.2) is 60.6 Å². The van der Waals surface area contributed by atoms with E-state index in [4.69, 9.17) is 4.74 Å². The van der Waals surface area contributed by atoms with Gasteiger partial charge in [0.2, 0.25) is 0 Å². The van der Waals surface area contributed by atoms with E-state index >= 15 is 0 Å². The van der Waals surface area contributed by atoms with Crippen LogP contribution in [0.2, 0.25) is 0 Å². The Kier molecular flexibility index (Phi) is 8.26. The number of pyridine rings is 1. The molecule has 2 aliphatic rings. The summed E-state index contributed by atoms with van der Waals surface area (Å²) in [6.45, 7) is 6.22. The van der Waals surface area contributed by atoms with Crippen molar-refractivity contribution in [3.8, 4) is 0 Å². The fraction of sp³-hybridized carbons (Fsp3) is 0.333. The van der Waals surface area contributed by atoms with E-state index in [-0.39, 0.29) is 37.3 Å². The van der Waals surface area contributed by atoms with Crippen LogP contribution in [0, 0.1) is 11.6 Å². The molecule has 0 radical (unpaired) electrons. The first kappa shape index (κ1) is 30.8. The lowest BCUT2D eigenvalue weighted by molar-refractivity contribution is 0.0305. The summed E-state index contributed by atoms with van der Waals surface area (Å²) in [6, 6.07) is 9.61. The van der Waals surface area contributed by atoms with Gasteiger partial charge in [0.05, 0.1) is 48.6 Å². The molecule has 1 amide bonds. The molecule has 0 aliphatic carbocycles. The minimum atomic E-state index is -1.23. The number of nitrogens with zero attached hydrogens (tertiary/aromatic N) is 7. The van der Waals surface area contributed by atoms with Crippen LogP contribution >= 0.6 is 0 Å².